The van der Waals surface area contributed by atoms with E-state index in [0.717, 1.165) is 16.6 Å². The Morgan fingerprint density at radius 1 is 1.05 bits per heavy atom. The number of fused-ring (bicyclic) bond motifs is 1. The van der Waals surface area contributed by atoms with Gasteiger partial charge in [-0.3, -0.25) is 9.59 Å². The van der Waals surface area contributed by atoms with E-state index in [1.165, 1.54) is 4.90 Å². The van der Waals surface area contributed by atoms with Crippen LogP contribution in [0.2, 0.25) is 0 Å². The summed E-state index contributed by atoms with van der Waals surface area (Å²) >= 11 is 0. The van der Waals surface area contributed by atoms with Gasteiger partial charge in [-0.15, -0.1) is 0 Å². The summed E-state index contributed by atoms with van der Waals surface area (Å²) in [5, 5.41) is 1.42. The van der Waals surface area contributed by atoms with Crippen LogP contribution in [0.3, 0.4) is 0 Å². The molecule has 2 aromatic carbocycles. The van der Waals surface area contributed by atoms with E-state index in [-0.39, 0.29) is 5.56 Å². The molecule has 1 heterocycles. The third-order valence-electron chi connectivity index (χ3n) is 3.48. The molecule has 0 fully saturated rings. The standard InChI is InChI=1S/C17H14N2O2/c1-19(11-20)14-8-7-13-9-16(12-5-3-2-4-6-12)18-17(21)15(13)10-14/h2-11H,1H3,(H,18,21). The molecule has 3 aromatic rings. The predicted molar refractivity (Wildman–Crippen MR) is 84.5 cm³/mol. The second-order valence-corrected chi connectivity index (χ2v) is 4.87. The zero-order valence-corrected chi connectivity index (χ0v) is 11.5. The molecule has 0 saturated heterocycles. The molecule has 21 heavy (non-hydrogen) atoms. The fourth-order valence-corrected chi connectivity index (χ4v) is 2.30. The second-order valence-electron chi connectivity index (χ2n) is 4.87. The van der Waals surface area contributed by atoms with Crippen LogP contribution in [-0.2, 0) is 4.79 Å². The van der Waals surface area contributed by atoms with E-state index in [4.69, 9.17) is 0 Å². The maximum atomic E-state index is 12.3. The van der Waals surface area contributed by atoms with Gasteiger partial charge in [0.25, 0.3) is 5.56 Å². The van der Waals surface area contributed by atoms with E-state index in [1.54, 1.807) is 13.1 Å². The summed E-state index contributed by atoms with van der Waals surface area (Å²) in [5.74, 6) is 0. The molecule has 4 nitrogen and oxygen atoms in total. The lowest BCUT2D eigenvalue weighted by atomic mass is 10.1. The van der Waals surface area contributed by atoms with Gasteiger partial charge in [-0.05, 0) is 29.1 Å². The van der Waals surface area contributed by atoms with Crippen molar-refractivity contribution in [1.29, 1.82) is 0 Å². The number of carbonyl (C=O) groups is 1. The van der Waals surface area contributed by atoms with Crippen LogP contribution in [0.25, 0.3) is 22.0 Å². The normalized spacial score (nSPS) is 10.5. The molecule has 4 heteroatoms. The van der Waals surface area contributed by atoms with Crippen LogP contribution in [0.4, 0.5) is 5.69 Å². The van der Waals surface area contributed by atoms with Gasteiger partial charge in [0.2, 0.25) is 6.41 Å². The first-order valence-electron chi connectivity index (χ1n) is 6.59. The van der Waals surface area contributed by atoms with Crippen LogP contribution >= 0.6 is 0 Å². The van der Waals surface area contributed by atoms with Crippen molar-refractivity contribution in [2.75, 3.05) is 11.9 Å². The van der Waals surface area contributed by atoms with Crippen LogP contribution < -0.4 is 10.5 Å². The Morgan fingerprint density at radius 3 is 2.52 bits per heavy atom. The van der Waals surface area contributed by atoms with E-state index < -0.39 is 0 Å². The highest BCUT2D eigenvalue weighted by Crippen LogP contribution is 2.22. The number of rotatable bonds is 3. The Balaban J connectivity index is 2.18. The van der Waals surface area contributed by atoms with Gasteiger partial charge in [0, 0.05) is 23.8 Å². The number of benzene rings is 2. The molecule has 1 amide bonds. The third kappa shape index (κ3) is 2.43. The van der Waals surface area contributed by atoms with Crippen molar-refractivity contribution < 1.29 is 4.79 Å². The molecule has 0 aliphatic carbocycles. The highest BCUT2D eigenvalue weighted by Gasteiger charge is 2.06. The van der Waals surface area contributed by atoms with Crippen LogP contribution in [0, 0.1) is 0 Å². The van der Waals surface area contributed by atoms with Crippen molar-refractivity contribution in [2.45, 2.75) is 0 Å². The SMILES string of the molecule is CN(C=O)c1ccc2cc(-c3ccccc3)[nH]c(=O)c2c1. The summed E-state index contributed by atoms with van der Waals surface area (Å²) in [6.45, 7) is 0. The van der Waals surface area contributed by atoms with Gasteiger partial charge in [0.05, 0.1) is 0 Å². The van der Waals surface area contributed by atoms with Gasteiger partial charge < -0.3 is 9.88 Å². The minimum Gasteiger partial charge on any atom is -0.321 e. The topological polar surface area (TPSA) is 53.2 Å². The summed E-state index contributed by atoms with van der Waals surface area (Å²) in [5.41, 5.74) is 2.28. The second kappa shape index (κ2) is 5.25. The molecule has 0 unspecified atom stereocenters. The zero-order chi connectivity index (χ0) is 14.8. The van der Waals surface area contributed by atoms with Crippen molar-refractivity contribution in [3.63, 3.8) is 0 Å². The number of nitrogens with zero attached hydrogens (tertiary/aromatic N) is 1. The minimum atomic E-state index is -0.160. The minimum absolute atomic E-state index is 0.160. The average Bonchev–Trinajstić information content (AvgIpc) is 2.54. The van der Waals surface area contributed by atoms with Crippen molar-refractivity contribution in [1.82, 2.24) is 4.98 Å². The molecule has 0 bridgehead atoms. The number of pyridine rings is 1. The fourth-order valence-electron chi connectivity index (χ4n) is 2.30. The molecule has 1 aromatic heterocycles. The van der Waals surface area contributed by atoms with Gasteiger partial charge in [-0.2, -0.15) is 0 Å². The molecule has 0 aliphatic rings. The first-order valence-corrected chi connectivity index (χ1v) is 6.59. The van der Waals surface area contributed by atoms with E-state index in [2.05, 4.69) is 4.98 Å². The fraction of sp³-hybridized carbons (Fsp3) is 0.0588. The van der Waals surface area contributed by atoms with Crippen LogP contribution in [-0.4, -0.2) is 18.4 Å². The molecule has 0 atom stereocenters. The maximum Gasteiger partial charge on any atom is 0.256 e. The predicted octanol–water partition coefficient (Wildman–Crippen LogP) is 2.79. The van der Waals surface area contributed by atoms with Crippen LogP contribution in [0.15, 0.2) is 59.4 Å². The van der Waals surface area contributed by atoms with Crippen molar-refractivity contribution in [2.24, 2.45) is 0 Å². The highest BCUT2D eigenvalue weighted by atomic mass is 16.1. The third-order valence-corrected chi connectivity index (χ3v) is 3.48. The Labute approximate surface area is 121 Å². The van der Waals surface area contributed by atoms with E-state index >= 15 is 0 Å². The number of aromatic amines is 1. The summed E-state index contributed by atoms with van der Waals surface area (Å²) < 4.78 is 0. The van der Waals surface area contributed by atoms with E-state index in [0.29, 0.717) is 17.5 Å². The number of carbonyl (C=O) groups excluding carboxylic acids is 1. The number of hydrogen-bond donors (Lipinski definition) is 1. The van der Waals surface area contributed by atoms with Crippen molar-refractivity contribution >= 4 is 22.9 Å². The molecule has 0 saturated carbocycles. The number of amides is 1. The van der Waals surface area contributed by atoms with E-state index in [1.807, 2.05) is 48.5 Å². The monoisotopic (exact) mass is 278 g/mol. The first kappa shape index (κ1) is 13.1. The largest absolute Gasteiger partial charge is 0.321 e. The van der Waals surface area contributed by atoms with Gasteiger partial charge in [-0.25, -0.2) is 0 Å². The molecule has 0 spiro atoms. The van der Waals surface area contributed by atoms with E-state index in [9.17, 15) is 9.59 Å². The maximum absolute atomic E-state index is 12.3. The van der Waals surface area contributed by atoms with Crippen LogP contribution in [0.1, 0.15) is 0 Å². The quantitative estimate of drug-likeness (QED) is 0.749. The molecular weight excluding hydrogens is 264 g/mol. The summed E-state index contributed by atoms with van der Waals surface area (Å²) in [6.07, 6.45) is 0.716. The number of anilines is 1. The Bertz CT molecular complexity index is 854. The Morgan fingerprint density at radius 2 is 1.81 bits per heavy atom. The summed E-state index contributed by atoms with van der Waals surface area (Å²) in [7, 11) is 1.65. The first-order chi connectivity index (χ1) is 10.2. The van der Waals surface area contributed by atoms with Gasteiger partial charge in [0.15, 0.2) is 0 Å². The Hall–Kier alpha value is -2.88. The summed E-state index contributed by atoms with van der Waals surface area (Å²) in [6, 6.07) is 17.0. The molecule has 104 valence electrons. The number of hydrogen-bond acceptors (Lipinski definition) is 2. The smallest absolute Gasteiger partial charge is 0.256 e. The molecular formula is C17H14N2O2. The lowest BCUT2D eigenvalue weighted by Crippen LogP contribution is -2.14. The molecule has 1 N–H and O–H groups in total. The molecule has 0 radical (unpaired) electrons. The van der Waals surface area contributed by atoms with Gasteiger partial charge in [0.1, 0.15) is 0 Å². The number of nitrogens with one attached hydrogen (secondary N) is 1. The lowest BCUT2D eigenvalue weighted by Gasteiger charge is -2.11. The lowest BCUT2D eigenvalue weighted by molar-refractivity contribution is -0.107. The Kier molecular flexibility index (Phi) is 3.28. The van der Waals surface area contributed by atoms with Crippen molar-refractivity contribution in [3.8, 4) is 11.3 Å². The number of H-pyrrole nitrogens is 1. The number of aromatic nitrogens is 1. The highest BCUT2D eigenvalue weighted by molar-refractivity contribution is 5.90. The van der Waals surface area contributed by atoms with Gasteiger partial charge >= 0.3 is 0 Å². The molecule has 0 aliphatic heterocycles. The zero-order valence-electron chi connectivity index (χ0n) is 11.5. The van der Waals surface area contributed by atoms with Crippen LogP contribution in [0.5, 0.6) is 0 Å². The van der Waals surface area contributed by atoms with Crippen molar-refractivity contribution in [3.05, 3.63) is 65.0 Å². The molecule has 3 rings (SSSR count). The van der Waals surface area contributed by atoms with Gasteiger partial charge in [-0.1, -0.05) is 36.4 Å². The average molecular weight is 278 g/mol. The summed E-state index contributed by atoms with van der Waals surface area (Å²) in [4.78, 5) is 27.4.